The Balaban J connectivity index is 2.89. The summed E-state index contributed by atoms with van der Waals surface area (Å²) in [5, 5.41) is 11.4. The van der Waals surface area contributed by atoms with Gasteiger partial charge in [-0.3, -0.25) is 4.79 Å². The molecule has 0 aliphatic heterocycles. The van der Waals surface area contributed by atoms with E-state index >= 15 is 0 Å². The van der Waals surface area contributed by atoms with Crippen molar-refractivity contribution in [1.82, 2.24) is 10.3 Å². The van der Waals surface area contributed by atoms with Gasteiger partial charge in [-0.2, -0.15) is 4.39 Å². The zero-order valence-corrected chi connectivity index (χ0v) is 10.4. The average molecular weight is 254 g/mol. The van der Waals surface area contributed by atoms with Crippen molar-refractivity contribution in [3.8, 4) is 0 Å². The van der Waals surface area contributed by atoms with Crippen molar-refractivity contribution in [1.29, 1.82) is 0 Å². The van der Waals surface area contributed by atoms with Crippen molar-refractivity contribution in [2.75, 3.05) is 0 Å². The first-order chi connectivity index (χ1) is 8.21. The average Bonchev–Trinajstić information content (AvgIpc) is 2.23. The highest BCUT2D eigenvalue weighted by atomic mass is 19.1. The highest BCUT2D eigenvalue weighted by molar-refractivity contribution is 5.95. The van der Waals surface area contributed by atoms with Crippen LogP contribution in [0.1, 0.15) is 31.3 Å². The third kappa shape index (κ3) is 3.51. The summed E-state index contributed by atoms with van der Waals surface area (Å²) in [6, 6.07) is 2.69. The van der Waals surface area contributed by atoms with E-state index in [9.17, 15) is 14.0 Å². The summed E-state index contributed by atoms with van der Waals surface area (Å²) in [4.78, 5) is 26.2. The maximum atomic E-state index is 12.9. The number of nitrogens with one attached hydrogen (secondary N) is 1. The van der Waals surface area contributed by atoms with Gasteiger partial charge in [-0.15, -0.1) is 0 Å². The van der Waals surface area contributed by atoms with Crippen LogP contribution in [0.2, 0.25) is 0 Å². The third-order valence-corrected chi connectivity index (χ3v) is 2.34. The van der Waals surface area contributed by atoms with Crippen molar-refractivity contribution < 1.29 is 19.1 Å². The minimum atomic E-state index is -1.15. The number of carboxylic acid groups (broad SMARTS) is 1. The molecule has 1 aromatic rings. The minimum Gasteiger partial charge on any atom is -0.480 e. The van der Waals surface area contributed by atoms with Crippen LogP contribution in [0.4, 0.5) is 4.39 Å². The van der Waals surface area contributed by atoms with E-state index in [1.54, 1.807) is 20.8 Å². The first-order valence-electron chi connectivity index (χ1n) is 5.38. The van der Waals surface area contributed by atoms with Gasteiger partial charge in [0.1, 0.15) is 11.7 Å². The molecule has 6 heteroatoms. The number of aromatic nitrogens is 1. The molecule has 1 atom stereocenters. The lowest BCUT2D eigenvalue weighted by Crippen LogP contribution is -2.49. The van der Waals surface area contributed by atoms with Crippen molar-refractivity contribution in [3.63, 3.8) is 0 Å². The van der Waals surface area contributed by atoms with Crippen LogP contribution >= 0.6 is 0 Å². The predicted molar refractivity (Wildman–Crippen MR) is 62.5 cm³/mol. The van der Waals surface area contributed by atoms with Gasteiger partial charge in [-0.25, -0.2) is 9.78 Å². The molecule has 0 aliphatic rings. The minimum absolute atomic E-state index is 0.148. The van der Waals surface area contributed by atoms with Crippen LogP contribution in [0, 0.1) is 11.4 Å². The summed E-state index contributed by atoms with van der Waals surface area (Å²) >= 11 is 0. The van der Waals surface area contributed by atoms with Crippen molar-refractivity contribution in [2.24, 2.45) is 5.41 Å². The van der Waals surface area contributed by atoms with Crippen molar-refractivity contribution in [2.45, 2.75) is 26.8 Å². The van der Waals surface area contributed by atoms with E-state index in [-0.39, 0.29) is 5.69 Å². The summed E-state index contributed by atoms with van der Waals surface area (Å²) in [5.74, 6) is -2.64. The fourth-order valence-corrected chi connectivity index (χ4v) is 1.39. The van der Waals surface area contributed by atoms with Crippen molar-refractivity contribution in [3.05, 3.63) is 29.8 Å². The molecule has 1 rings (SSSR count). The van der Waals surface area contributed by atoms with Crippen LogP contribution < -0.4 is 5.32 Å². The lowest BCUT2D eigenvalue weighted by atomic mass is 9.86. The van der Waals surface area contributed by atoms with E-state index in [1.807, 2.05) is 0 Å². The zero-order valence-electron chi connectivity index (χ0n) is 10.4. The maximum Gasteiger partial charge on any atom is 0.326 e. The number of rotatable bonds is 3. The van der Waals surface area contributed by atoms with Gasteiger partial charge in [0.25, 0.3) is 5.91 Å². The fraction of sp³-hybridized carbons (Fsp3) is 0.417. The summed E-state index contributed by atoms with van der Waals surface area (Å²) < 4.78 is 12.9. The third-order valence-electron chi connectivity index (χ3n) is 2.34. The van der Waals surface area contributed by atoms with Gasteiger partial charge in [-0.05, 0) is 17.5 Å². The lowest BCUT2D eigenvalue weighted by molar-refractivity contribution is -0.142. The van der Waals surface area contributed by atoms with E-state index in [4.69, 9.17) is 5.11 Å². The molecule has 1 amide bonds. The van der Waals surface area contributed by atoms with Gasteiger partial charge in [0.15, 0.2) is 0 Å². The molecule has 2 N–H and O–H groups in total. The summed E-state index contributed by atoms with van der Waals surface area (Å²) in [7, 11) is 0. The monoisotopic (exact) mass is 254 g/mol. The Bertz CT molecular complexity index is 469. The summed E-state index contributed by atoms with van der Waals surface area (Å²) in [6.07, 6.45) is 0. The first-order valence-corrected chi connectivity index (χ1v) is 5.38. The van der Waals surface area contributed by atoms with Gasteiger partial charge < -0.3 is 10.4 Å². The number of hydrogen-bond acceptors (Lipinski definition) is 3. The number of aliphatic carboxylic acids is 1. The van der Waals surface area contributed by atoms with Crippen LogP contribution in [0.25, 0.3) is 0 Å². The molecular formula is C12H15FN2O3. The van der Waals surface area contributed by atoms with Crippen LogP contribution in [0.5, 0.6) is 0 Å². The van der Waals surface area contributed by atoms with Crippen LogP contribution in [0.3, 0.4) is 0 Å². The van der Waals surface area contributed by atoms with Gasteiger partial charge in [0.05, 0.1) is 0 Å². The quantitative estimate of drug-likeness (QED) is 0.800. The van der Waals surface area contributed by atoms with E-state index in [2.05, 4.69) is 10.3 Å². The molecule has 0 aliphatic carbocycles. The number of pyridine rings is 1. The summed E-state index contributed by atoms with van der Waals surface area (Å²) in [5.41, 5.74) is -0.806. The number of carboxylic acids is 1. The van der Waals surface area contributed by atoms with E-state index in [0.29, 0.717) is 0 Å². The Labute approximate surface area is 104 Å². The number of nitrogens with zero attached hydrogens (tertiary/aromatic N) is 1. The molecule has 1 aromatic heterocycles. The van der Waals surface area contributed by atoms with Crippen LogP contribution in [-0.4, -0.2) is 28.0 Å². The molecule has 0 bridgehead atoms. The van der Waals surface area contributed by atoms with E-state index in [0.717, 1.165) is 6.07 Å². The maximum absolute atomic E-state index is 12.9. The van der Waals surface area contributed by atoms with Gasteiger partial charge >= 0.3 is 5.97 Å². The second-order valence-corrected chi connectivity index (χ2v) is 4.96. The molecule has 0 unspecified atom stereocenters. The predicted octanol–water partition coefficient (Wildman–Crippen LogP) is 1.45. The van der Waals surface area contributed by atoms with Gasteiger partial charge in [-0.1, -0.05) is 26.8 Å². The van der Waals surface area contributed by atoms with Crippen LogP contribution in [0.15, 0.2) is 18.2 Å². The molecule has 0 saturated carbocycles. The Morgan fingerprint density at radius 2 is 2.00 bits per heavy atom. The number of carbonyl (C=O) groups excluding carboxylic acids is 1. The molecule has 0 spiro atoms. The van der Waals surface area contributed by atoms with Gasteiger partial charge in [0, 0.05) is 0 Å². The molecule has 0 saturated heterocycles. The first kappa shape index (κ1) is 14.1. The second-order valence-electron chi connectivity index (χ2n) is 4.96. The molecule has 0 fully saturated rings. The molecule has 0 aromatic carbocycles. The normalized spacial score (nSPS) is 12.9. The van der Waals surface area contributed by atoms with Crippen molar-refractivity contribution >= 4 is 11.9 Å². The highest BCUT2D eigenvalue weighted by Crippen LogP contribution is 2.19. The molecule has 18 heavy (non-hydrogen) atoms. The topological polar surface area (TPSA) is 79.3 Å². The number of halogens is 1. The number of carbonyl (C=O) groups is 2. The Morgan fingerprint density at radius 3 is 2.44 bits per heavy atom. The Morgan fingerprint density at radius 1 is 1.39 bits per heavy atom. The lowest BCUT2D eigenvalue weighted by Gasteiger charge is -2.27. The zero-order chi connectivity index (χ0) is 13.9. The largest absolute Gasteiger partial charge is 0.480 e. The molecule has 5 nitrogen and oxygen atoms in total. The second kappa shape index (κ2) is 5.12. The number of hydrogen-bond donors (Lipinski definition) is 2. The van der Waals surface area contributed by atoms with E-state index in [1.165, 1.54) is 12.1 Å². The van der Waals surface area contributed by atoms with Crippen LogP contribution in [-0.2, 0) is 4.79 Å². The molecule has 0 radical (unpaired) electrons. The Kier molecular flexibility index (Phi) is 4.00. The molecular weight excluding hydrogens is 239 g/mol. The highest BCUT2D eigenvalue weighted by Gasteiger charge is 2.33. The molecule has 1 heterocycles. The number of amides is 1. The standard InChI is InChI=1S/C12H15FN2O3/c1-12(2,3)9(11(17)18)15-10(16)7-5-4-6-8(13)14-7/h4-6,9H,1-3H3,(H,15,16)(H,17,18)/t9-/m0/s1. The SMILES string of the molecule is CC(C)(C)[C@@H](NC(=O)c1cccc(F)n1)C(=O)O. The van der Waals surface area contributed by atoms with E-state index < -0.39 is 29.3 Å². The summed E-state index contributed by atoms with van der Waals surface area (Å²) in [6.45, 7) is 5.06. The molecule has 98 valence electrons. The Hall–Kier alpha value is -1.98. The fourth-order valence-electron chi connectivity index (χ4n) is 1.39. The smallest absolute Gasteiger partial charge is 0.326 e. The van der Waals surface area contributed by atoms with Gasteiger partial charge in [0.2, 0.25) is 5.95 Å².